The lowest BCUT2D eigenvalue weighted by Gasteiger charge is -2.10. The number of anilines is 1. The largest absolute Gasteiger partial charge is 0.349 e. The molecule has 0 bridgehead atoms. The fraction of sp³-hybridized carbons (Fsp3) is 0.273. The number of nitrogens with one attached hydrogen (secondary N) is 2. The average Bonchev–Trinajstić information content (AvgIpc) is 3.09. The summed E-state index contributed by atoms with van der Waals surface area (Å²) in [5, 5.41) is 14.7. The minimum Gasteiger partial charge on any atom is -0.349 e. The lowest BCUT2D eigenvalue weighted by molar-refractivity contribution is -0.120. The normalized spacial score (nSPS) is 10.7. The number of rotatable bonds is 8. The van der Waals surface area contributed by atoms with Crippen molar-refractivity contribution in [3.8, 4) is 0 Å². The van der Waals surface area contributed by atoms with Crippen molar-refractivity contribution in [2.24, 2.45) is 7.05 Å². The fourth-order valence-electron chi connectivity index (χ4n) is 2.84. The van der Waals surface area contributed by atoms with Crippen LogP contribution in [0.15, 0.2) is 52.1 Å². The topological polar surface area (TPSA) is 88.9 Å². The number of nitrogens with zero attached hydrogens (tertiary/aromatic N) is 3. The number of hydrogen-bond acceptors (Lipinski definition) is 5. The van der Waals surface area contributed by atoms with Gasteiger partial charge in [-0.25, -0.2) is 0 Å². The molecule has 0 saturated heterocycles. The van der Waals surface area contributed by atoms with E-state index in [4.69, 9.17) is 0 Å². The molecule has 0 aliphatic heterocycles. The highest BCUT2D eigenvalue weighted by Gasteiger charge is 2.14. The Balaban J connectivity index is 1.50. The van der Waals surface area contributed by atoms with E-state index in [1.807, 2.05) is 63.4 Å². The molecule has 2 amide bonds. The maximum atomic E-state index is 12.4. The SMILES string of the molecule is Cc1cc(Br)c(NC(=O)CSc2nnc(CNC(=O)Cc3ccccc3)n2C)cc1C. The van der Waals surface area contributed by atoms with Crippen LogP contribution in [-0.2, 0) is 29.6 Å². The van der Waals surface area contributed by atoms with E-state index < -0.39 is 0 Å². The maximum Gasteiger partial charge on any atom is 0.234 e. The number of amides is 2. The summed E-state index contributed by atoms with van der Waals surface area (Å²) >= 11 is 4.78. The number of aryl methyl sites for hydroxylation is 2. The summed E-state index contributed by atoms with van der Waals surface area (Å²) in [6.45, 7) is 4.31. The van der Waals surface area contributed by atoms with E-state index in [0.717, 1.165) is 26.9 Å². The van der Waals surface area contributed by atoms with Crippen LogP contribution >= 0.6 is 27.7 Å². The van der Waals surface area contributed by atoms with Gasteiger partial charge in [0.05, 0.1) is 24.4 Å². The van der Waals surface area contributed by atoms with Crippen LogP contribution in [0.3, 0.4) is 0 Å². The lowest BCUT2D eigenvalue weighted by Crippen LogP contribution is -2.26. The molecule has 1 heterocycles. The first-order valence-electron chi connectivity index (χ1n) is 9.71. The van der Waals surface area contributed by atoms with Crippen molar-refractivity contribution in [1.29, 1.82) is 0 Å². The molecule has 3 aromatic rings. The summed E-state index contributed by atoms with van der Waals surface area (Å²) < 4.78 is 2.63. The highest BCUT2D eigenvalue weighted by molar-refractivity contribution is 9.10. The molecule has 0 spiro atoms. The number of carbonyl (C=O) groups is 2. The highest BCUT2D eigenvalue weighted by Crippen LogP contribution is 2.26. The molecule has 0 unspecified atom stereocenters. The van der Waals surface area contributed by atoms with E-state index in [1.165, 1.54) is 11.8 Å². The number of carbonyl (C=O) groups excluding carboxylic acids is 2. The van der Waals surface area contributed by atoms with E-state index in [-0.39, 0.29) is 24.1 Å². The zero-order valence-electron chi connectivity index (χ0n) is 17.6. The molecule has 0 fully saturated rings. The molecular formula is C22H24BrN5O2S. The van der Waals surface area contributed by atoms with Crippen molar-refractivity contribution in [2.75, 3.05) is 11.1 Å². The second kappa shape index (κ2) is 10.6. The summed E-state index contributed by atoms with van der Waals surface area (Å²) in [5.41, 5.74) is 3.96. The molecule has 31 heavy (non-hydrogen) atoms. The minimum atomic E-state index is -0.130. The molecule has 0 radical (unpaired) electrons. The van der Waals surface area contributed by atoms with Gasteiger partial charge in [-0.05, 0) is 58.6 Å². The van der Waals surface area contributed by atoms with Crippen molar-refractivity contribution >= 4 is 45.2 Å². The van der Waals surface area contributed by atoms with Crippen LogP contribution in [0.2, 0.25) is 0 Å². The van der Waals surface area contributed by atoms with Gasteiger partial charge in [-0.3, -0.25) is 9.59 Å². The van der Waals surface area contributed by atoms with Crippen molar-refractivity contribution in [3.63, 3.8) is 0 Å². The van der Waals surface area contributed by atoms with Crippen molar-refractivity contribution < 1.29 is 9.59 Å². The van der Waals surface area contributed by atoms with Crippen molar-refractivity contribution in [3.05, 3.63) is 69.5 Å². The third-order valence-electron chi connectivity index (χ3n) is 4.77. The summed E-state index contributed by atoms with van der Waals surface area (Å²) in [5.74, 6) is 0.615. The smallest absolute Gasteiger partial charge is 0.234 e. The minimum absolute atomic E-state index is 0.0817. The van der Waals surface area contributed by atoms with Gasteiger partial charge >= 0.3 is 0 Å². The molecule has 0 aliphatic rings. The van der Waals surface area contributed by atoms with E-state index in [1.54, 1.807) is 4.57 Å². The Morgan fingerprint density at radius 2 is 1.77 bits per heavy atom. The second-order valence-corrected chi connectivity index (χ2v) is 8.95. The zero-order chi connectivity index (χ0) is 22.4. The van der Waals surface area contributed by atoms with Gasteiger partial charge in [-0.15, -0.1) is 10.2 Å². The Bertz CT molecular complexity index is 1090. The fourth-order valence-corrected chi connectivity index (χ4v) is 4.13. The van der Waals surface area contributed by atoms with Gasteiger partial charge in [0.25, 0.3) is 0 Å². The molecule has 7 nitrogen and oxygen atoms in total. The summed E-state index contributed by atoms with van der Waals surface area (Å²) in [6.07, 6.45) is 0.314. The molecule has 0 saturated carbocycles. The van der Waals surface area contributed by atoms with Crippen LogP contribution in [0.1, 0.15) is 22.5 Å². The van der Waals surface area contributed by atoms with E-state index in [0.29, 0.717) is 17.4 Å². The van der Waals surface area contributed by atoms with Crippen LogP contribution in [0.4, 0.5) is 5.69 Å². The number of thioether (sulfide) groups is 1. The van der Waals surface area contributed by atoms with Crippen LogP contribution in [0.5, 0.6) is 0 Å². The first-order chi connectivity index (χ1) is 14.8. The number of hydrogen-bond donors (Lipinski definition) is 2. The first-order valence-corrected chi connectivity index (χ1v) is 11.5. The van der Waals surface area contributed by atoms with Gasteiger partial charge in [0.2, 0.25) is 11.8 Å². The summed E-state index contributed by atoms with van der Waals surface area (Å²) in [6, 6.07) is 13.5. The number of benzene rings is 2. The second-order valence-electron chi connectivity index (χ2n) is 7.15. The molecule has 0 atom stereocenters. The van der Waals surface area contributed by atoms with Crippen LogP contribution in [0, 0.1) is 13.8 Å². The Hall–Kier alpha value is -2.65. The number of halogens is 1. The highest BCUT2D eigenvalue weighted by atomic mass is 79.9. The van der Waals surface area contributed by atoms with Crippen LogP contribution < -0.4 is 10.6 Å². The molecule has 2 N–H and O–H groups in total. The quantitative estimate of drug-likeness (QED) is 0.458. The van der Waals surface area contributed by atoms with Crippen molar-refractivity contribution in [2.45, 2.75) is 32.0 Å². The van der Waals surface area contributed by atoms with Gasteiger partial charge in [0, 0.05) is 11.5 Å². The zero-order valence-corrected chi connectivity index (χ0v) is 20.0. The maximum absolute atomic E-state index is 12.4. The molecule has 9 heteroatoms. The van der Waals surface area contributed by atoms with E-state index in [2.05, 4.69) is 36.8 Å². The third-order valence-corrected chi connectivity index (χ3v) is 6.44. The Kier molecular flexibility index (Phi) is 7.86. The predicted octanol–water partition coefficient (Wildman–Crippen LogP) is 3.78. The Morgan fingerprint density at radius 1 is 1.06 bits per heavy atom. The van der Waals surface area contributed by atoms with Gasteiger partial charge < -0.3 is 15.2 Å². The molecular weight excluding hydrogens is 478 g/mol. The summed E-state index contributed by atoms with van der Waals surface area (Å²) in [7, 11) is 1.82. The van der Waals surface area contributed by atoms with E-state index >= 15 is 0 Å². The predicted molar refractivity (Wildman–Crippen MR) is 126 cm³/mol. The first kappa shape index (κ1) is 23.0. The summed E-state index contributed by atoms with van der Waals surface area (Å²) in [4.78, 5) is 24.5. The monoisotopic (exact) mass is 501 g/mol. The Morgan fingerprint density at radius 3 is 2.52 bits per heavy atom. The van der Waals surface area contributed by atoms with Gasteiger partial charge in [-0.1, -0.05) is 42.1 Å². The lowest BCUT2D eigenvalue weighted by atomic mass is 10.1. The number of aromatic nitrogens is 3. The average molecular weight is 502 g/mol. The van der Waals surface area contributed by atoms with E-state index in [9.17, 15) is 9.59 Å². The van der Waals surface area contributed by atoms with Gasteiger partial charge in [0.1, 0.15) is 0 Å². The van der Waals surface area contributed by atoms with Gasteiger partial charge in [-0.2, -0.15) is 0 Å². The van der Waals surface area contributed by atoms with Crippen molar-refractivity contribution in [1.82, 2.24) is 20.1 Å². The van der Waals surface area contributed by atoms with Gasteiger partial charge in [0.15, 0.2) is 11.0 Å². The molecule has 2 aromatic carbocycles. The molecule has 0 aliphatic carbocycles. The third kappa shape index (κ3) is 6.41. The Labute approximate surface area is 194 Å². The van der Waals surface area contributed by atoms with Crippen LogP contribution in [-0.4, -0.2) is 32.3 Å². The molecule has 162 valence electrons. The molecule has 3 rings (SSSR count). The molecule has 1 aromatic heterocycles. The standard InChI is InChI=1S/C22H24BrN5O2S/c1-14-9-17(23)18(10-15(14)2)25-21(30)13-31-22-27-26-19(28(22)3)12-24-20(29)11-16-7-5-4-6-8-16/h4-10H,11-13H2,1-3H3,(H,24,29)(H,25,30). The van der Waals surface area contributed by atoms with Crippen LogP contribution in [0.25, 0.3) is 0 Å².